The van der Waals surface area contributed by atoms with Crippen LogP contribution in [0.4, 0.5) is 5.69 Å². The van der Waals surface area contributed by atoms with Gasteiger partial charge in [0.25, 0.3) is 0 Å². The number of hydrogen-bond acceptors (Lipinski definition) is 4. The third-order valence-electron chi connectivity index (χ3n) is 6.05. The first-order valence-electron chi connectivity index (χ1n) is 10.3. The average Bonchev–Trinajstić information content (AvgIpc) is 2.72. The molecule has 0 spiro atoms. The van der Waals surface area contributed by atoms with Crippen molar-refractivity contribution < 1.29 is 13.2 Å². The summed E-state index contributed by atoms with van der Waals surface area (Å²) in [5.74, 6) is -0.0714. The summed E-state index contributed by atoms with van der Waals surface area (Å²) >= 11 is 0. The maximum absolute atomic E-state index is 13.0. The molecule has 1 heterocycles. The van der Waals surface area contributed by atoms with Crippen molar-refractivity contribution >= 4 is 21.6 Å². The normalized spacial score (nSPS) is 17.0. The van der Waals surface area contributed by atoms with E-state index in [9.17, 15) is 13.2 Å². The zero-order chi connectivity index (χ0) is 22.1. The second-order valence-electron chi connectivity index (χ2n) is 8.12. The summed E-state index contributed by atoms with van der Waals surface area (Å²) in [6.45, 7) is 11.5. The van der Waals surface area contributed by atoms with E-state index in [0.717, 1.165) is 27.9 Å². The largest absolute Gasteiger partial charge is 0.324 e. The molecule has 3 rings (SSSR count). The van der Waals surface area contributed by atoms with Gasteiger partial charge >= 0.3 is 0 Å². The second kappa shape index (κ2) is 8.88. The zero-order valence-corrected chi connectivity index (χ0v) is 19.2. The number of para-hydroxylation sites is 1. The Morgan fingerprint density at radius 3 is 2.07 bits per heavy atom. The lowest BCUT2D eigenvalue weighted by atomic mass is 10.1. The Hall–Kier alpha value is -2.22. The Bertz CT molecular complexity index is 1020. The summed E-state index contributed by atoms with van der Waals surface area (Å²) in [7, 11) is -3.52. The molecule has 1 amide bonds. The molecule has 1 atom stereocenters. The van der Waals surface area contributed by atoms with Gasteiger partial charge in [0.15, 0.2) is 0 Å². The Morgan fingerprint density at radius 2 is 1.50 bits per heavy atom. The van der Waals surface area contributed by atoms with Crippen LogP contribution in [-0.4, -0.2) is 55.8 Å². The molecular formula is C23H31N3O3S. The van der Waals surface area contributed by atoms with Crippen LogP contribution in [0.25, 0.3) is 0 Å². The lowest BCUT2D eigenvalue weighted by Crippen LogP contribution is -2.54. The van der Waals surface area contributed by atoms with Crippen LogP contribution in [0.3, 0.4) is 0 Å². The molecule has 7 heteroatoms. The van der Waals surface area contributed by atoms with Gasteiger partial charge in [-0.05, 0) is 69.0 Å². The smallest absolute Gasteiger partial charge is 0.243 e. The van der Waals surface area contributed by atoms with Crippen LogP contribution in [0.15, 0.2) is 41.3 Å². The minimum absolute atomic E-state index is 0.0714. The van der Waals surface area contributed by atoms with Gasteiger partial charge in [-0.2, -0.15) is 4.31 Å². The van der Waals surface area contributed by atoms with Gasteiger partial charge in [0, 0.05) is 31.9 Å². The van der Waals surface area contributed by atoms with Gasteiger partial charge in [0.2, 0.25) is 15.9 Å². The number of aryl methyl sites for hydroxylation is 4. The predicted molar refractivity (Wildman–Crippen MR) is 120 cm³/mol. The molecule has 1 aliphatic rings. The Labute approximate surface area is 179 Å². The highest BCUT2D eigenvalue weighted by atomic mass is 32.2. The SMILES string of the molecule is Cc1ccc(S(=O)(=O)N2CCN(C(C)C(=O)Nc3c(C)cccc3C)CC2)cc1C. The van der Waals surface area contributed by atoms with Crippen molar-refractivity contribution in [3.8, 4) is 0 Å². The number of nitrogens with zero attached hydrogens (tertiary/aromatic N) is 2. The van der Waals surface area contributed by atoms with Gasteiger partial charge < -0.3 is 5.32 Å². The van der Waals surface area contributed by atoms with E-state index in [1.165, 1.54) is 4.31 Å². The average molecular weight is 430 g/mol. The molecule has 1 unspecified atom stereocenters. The van der Waals surface area contributed by atoms with Crippen LogP contribution >= 0.6 is 0 Å². The van der Waals surface area contributed by atoms with E-state index in [0.29, 0.717) is 31.1 Å². The summed E-state index contributed by atoms with van der Waals surface area (Å²) in [6.07, 6.45) is 0. The Balaban J connectivity index is 1.64. The van der Waals surface area contributed by atoms with Crippen molar-refractivity contribution in [2.45, 2.75) is 45.6 Å². The molecule has 162 valence electrons. The van der Waals surface area contributed by atoms with Crippen molar-refractivity contribution in [3.05, 3.63) is 58.7 Å². The number of piperazine rings is 1. The molecule has 0 bridgehead atoms. The fraction of sp³-hybridized carbons (Fsp3) is 0.435. The number of nitrogens with one attached hydrogen (secondary N) is 1. The minimum atomic E-state index is -3.52. The summed E-state index contributed by atoms with van der Waals surface area (Å²) in [6, 6.07) is 10.8. The molecule has 1 fully saturated rings. The molecule has 0 saturated carbocycles. The molecule has 1 saturated heterocycles. The fourth-order valence-corrected chi connectivity index (χ4v) is 5.27. The highest BCUT2D eigenvalue weighted by Crippen LogP contribution is 2.22. The number of hydrogen-bond donors (Lipinski definition) is 1. The van der Waals surface area contributed by atoms with E-state index in [2.05, 4.69) is 5.32 Å². The summed E-state index contributed by atoms with van der Waals surface area (Å²) in [5.41, 5.74) is 4.94. The summed E-state index contributed by atoms with van der Waals surface area (Å²) in [4.78, 5) is 15.2. The molecular weight excluding hydrogens is 398 g/mol. The first-order chi connectivity index (χ1) is 14.1. The third-order valence-corrected chi connectivity index (χ3v) is 7.94. The molecule has 30 heavy (non-hydrogen) atoms. The predicted octanol–water partition coefficient (Wildman–Crippen LogP) is 3.25. The molecule has 0 aromatic heterocycles. The number of benzene rings is 2. The number of carbonyl (C=O) groups excluding carboxylic acids is 1. The van der Waals surface area contributed by atoms with E-state index in [1.807, 2.05) is 63.8 Å². The molecule has 6 nitrogen and oxygen atoms in total. The highest BCUT2D eigenvalue weighted by Gasteiger charge is 2.32. The van der Waals surface area contributed by atoms with Crippen molar-refractivity contribution in [2.75, 3.05) is 31.5 Å². The van der Waals surface area contributed by atoms with Crippen molar-refractivity contribution in [2.24, 2.45) is 0 Å². The monoisotopic (exact) mass is 429 g/mol. The number of amides is 1. The Kier molecular flexibility index (Phi) is 6.65. The van der Waals surface area contributed by atoms with E-state index < -0.39 is 10.0 Å². The van der Waals surface area contributed by atoms with E-state index >= 15 is 0 Å². The van der Waals surface area contributed by atoms with Gasteiger partial charge in [0.05, 0.1) is 10.9 Å². The lowest BCUT2D eigenvalue weighted by molar-refractivity contribution is -0.121. The standard InChI is InChI=1S/C23H31N3O3S/c1-16-9-10-21(15-19(16)4)30(28,29)26-13-11-25(12-14-26)20(5)23(27)24-22-17(2)7-6-8-18(22)3/h6-10,15,20H,11-14H2,1-5H3,(H,24,27). The molecule has 2 aromatic rings. The van der Waals surface area contributed by atoms with E-state index in [1.54, 1.807) is 12.1 Å². The van der Waals surface area contributed by atoms with Crippen LogP contribution < -0.4 is 5.32 Å². The zero-order valence-electron chi connectivity index (χ0n) is 18.4. The minimum Gasteiger partial charge on any atom is -0.324 e. The molecule has 0 radical (unpaired) electrons. The van der Waals surface area contributed by atoms with Gasteiger partial charge in [0.1, 0.15) is 0 Å². The van der Waals surface area contributed by atoms with Crippen LogP contribution in [0.1, 0.15) is 29.2 Å². The quantitative estimate of drug-likeness (QED) is 0.792. The number of carbonyl (C=O) groups is 1. The van der Waals surface area contributed by atoms with Gasteiger partial charge in [-0.25, -0.2) is 8.42 Å². The third kappa shape index (κ3) is 4.58. The van der Waals surface area contributed by atoms with Gasteiger partial charge in [-0.1, -0.05) is 24.3 Å². The van der Waals surface area contributed by atoms with E-state index in [4.69, 9.17) is 0 Å². The number of rotatable bonds is 5. The fourth-order valence-electron chi connectivity index (χ4n) is 3.76. The van der Waals surface area contributed by atoms with Crippen molar-refractivity contribution in [1.82, 2.24) is 9.21 Å². The Morgan fingerprint density at radius 1 is 0.900 bits per heavy atom. The van der Waals surface area contributed by atoms with Gasteiger partial charge in [-0.3, -0.25) is 9.69 Å². The maximum Gasteiger partial charge on any atom is 0.243 e. The van der Waals surface area contributed by atoms with Crippen LogP contribution in [-0.2, 0) is 14.8 Å². The summed E-state index contributed by atoms with van der Waals surface area (Å²) < 4.78 is 27.5. The first-order valence-corrected chi connectivity index (χ1v) is 11.7. The molecule has 0 aliphatic carbocycles. The second-order valence-corrected chi connectivity index (χ2v) is 10.1. The van der Waals surface area contributed by atoms with Crippen molar-refractivity contribution in [1.29, 1.82) is 0 Å². The maximum atomic E-state index is 13.0. The molecule has 1 N–H and O–H groups in total. The molecule has 2 aromatic carbocycles. The summed E-state index contributed by atoms with van der Waals surface area (Å²) in [5, 5.41) is 3.04. The first kappa shape index (κ1) is 22.5. The molecule has 1 aliphatic heterocycles. The van der Waals surface area contributed by atoms with E-state index in [-0.39, 0.29) is 11.9 Å². The topological polar surface area (TPSA) is 69.7 Å². The lowest BCUT2D eigenvalue weighted by Gasteiger charge is -2.36. The van der Waals surface area contributed by atoms with Crippen LogP contribution in [0.2, 0.25) is 0 Å². The highest BCUT2D eigenvalue weighted by molar-refractivity contribution is 7.89. The van der Waals surface area contributed by atoms with Crippen LogP contribution in [0, 0.1) is 27.7 Å². The van der Waals surface area contributed by atoms with Crippen molar-refractivity contribution in [3.63, 3.8) is 0 Å². The number of sulfonamides is 1. The van der Waals surface area contributed by atoms with Crippen LogP contribution in [0.5, 0.6) is 0 Å². The van der Waals surface area contributed by atoms with Gasteiger partial charge in [-0.15, -0.1) is 0 Å². The number of anilines is 1.